The highest BCUT2D eigenvalue weighted by atomic mass is 32.1. The van der Waals surface area contributed by atoms with E-state index in [1.807, 2.05) is 66.7 Å². The molecule has 0 saturated heterocycles. The fraction of sp³-hybridized carbons (Fsp3) is 0.167. The molecule has 0 saturated carbocycles. The van der Waals surface area contributed by atoms with Crippen LogP contribution in [0.15, 0.2) is 72.8 Å². The van der Waals surface area contributed by atoms with E-state index in [0.717, 1.165) is 33.8 Å². The van der Waals surface area contributed by atoms with Gasteiger partial charge in [-0.25, -0.2) is 4.98 Å². The summed E-state index contributed by atoms with van der Waals surface area (Å²) in [6.45, 7) is 0.550. The van der Waals surface area contributed by atoms with E-state index in [1.165, 1.54) is 4.70 Å². The van der Waals surface area contributed by atoms with E-state index in [2.05, 4.69) is 16.4 Å². The highest BCUT2D eigenvalue weighted by molar-refractivity contribution is 7.21. The maximum Gasteiger partial charge on any atom is 0.257 e. The minimum atomic E-state index is -0.140. The second-order valence-corrected chi connectivity index (χ2v) is 7.78. The molecule has 0 spiro atoms. The highest BCUT2D eigenvalue weighted by Gasteiger charge is 2.07. The molecule has 1 aromatic heterocycles. The van der Waals surface area contributed by atoms with Crippen LogP contribution in [0.2, 0.25) is 0 Å². The molecule has 3 aromatic carbocycles. The Morgan fingerprint density at radius 1 is 0.967 bits per heavy atom. The standard InChI is InChI=1S/C24H22N2O3S/c1-28-19-10-6-17(7-11-19)14-15-25-23(27)16-29-20-12-8-18(9-13-20)24-26-21-4-2-3-5-22(21)30-24/h2-13H,14-16H2,1H3,(H,25,27). The summed E-state index contributed by atoms with van der Waals surface area (Å²) in [5.74, 6) is 1.34. The normalized spacial score (nSPS) is 10.7. The number of rotatable bonds is 8. The summed E-state index contributed by atoms with van der Waals surface area (Å²) in [6.07, 6.45) is 0.757. The van der Waals surface area contributed by atoms with Crippen LogP contribution in [-0.2, 0) is 11.2 Å². The van der Waals surface area contributed by atoms with Gasteiger partial charge in [0.2, 0.25) is 0 Å². The molecule has 0 aliphatic carbocycles. The molecule has 152 valence electrons. The second kappa shape index (κ2) is 9.41. The van der Waals surface area contributed by atoms with Crippen molar-refractivity contribution in [1.29, 1.82) is 0 Å². The van der Waals surface area contributed by atoms with Gasteiger partial charge < -0.3 is 14.8 Å². The van der Waals surface area contributed by atoms with Gasteiger partial charge in [-0.05, 0) is 60.5 Å². The van der Waals surface area contributed by atoms with Crippen LogP contribution in [0.5, 0.6) is 11.5 Å². The van der Waals surface area contributed by atoms with Crippen molar-refractivity contribution < 1.29 is 14.3 Å². The van der Waals surface area contributed by atoms with E-state index in [0.29, 0.717) is 12.3 Å². The highest BCUT2D eigenvalue weighted by Crippen LogP contribution is 2.30. The minimum absolute atomic E-state index is 0.0108. The maximum atomic E-state index is 12.0. The number of nitrogens with one attached hydrogen (secondary N) is 1. The number of hydrogen-bond donors (Lipinski definition) is 1. The zero-order chi connectivity index (χ0) is 20.8. The summed E-state index contributed by atoms with van der Waals surface area (Å²) in [5, 5.41) is 3.85. The Bertz CT molecular complexity index is 1090. The fourth-order valence-electron chi connectivity index (χ4n) is 3.03. The average molecular weight is 419 g/mol. The van der Waals surface area contributed by atoms with Crippen LogP contribution >= 0.6 is 11.3 Å². The number of carbonyl (C=O) groups is 1. The van der Waals surface area contributed by atoms with Gasteiger partial charge >= 0.3 is 0 Å². The smallest absolute Gasteiger partial charge is 0.257 e. The lowest BCUT2D eigenvalue weighted by Gasteiger charge is -2.08. The van der Waals surface area contributed by atoms with E-state index in [1.54, 1.807) is 18.4 Å². The minimum Gasteiger partial charge on any atom is -0.497 e. The van der Waals surface area contributed by atoms with E-state index < -0.39 is 0 Å². The van der Waals surface area contributed by atoms with Crippen LogP contribution in [0.3, 0.4) is 0 Å². The van der Waals surface area contributed by atoms with E-state index in [9.17, 15) is 4.79 Å². The molecule has 1 heterocycles. The van der Waals surface area contributed by atoms with E-state index in [4.69, 9.17) is 9.47 Å². The molecular formula is C24H22N2O3S. The van der Waals surface area contributed by atoms with Gasteiger partial charge in [0, 0.05) is 12.1 Å². The Labute approximate surface area is 179 Å². The zero-order valence-corrected chi connectivity index (χ0v) is 17.4. The Morgan fingerprint density at radius 2 is 1.70 bits per heavy atom. The van der Waals surface area contributed by atoms with Crippen LogP contribution in [0.4, 0.5) is 0 Å². The number of fused-ring (bicyclic) bond motifs is 1. The monoisotopic (exact) mass is 418 g/mol. The lowest BCUT2D eigenvalue weighted by atomic mass is 10.1. The fourth-order valence-corrected chi connectivity index (χ4v) is 4.00. The molecule has 4 aromatic rings. The maximum absolute atomic E-state index is 12.0. The number of thiazole rings is 1. The molecule has 0 atom stereocenters. The van der Waals surface area contributed by atoms with Crippen molar-refractivity contribution in [2.75, 3.05) is 20.3 Å². The topological polar surface area (TPSA) is 60.5 Å². The third-order valence-corrected chi connectivity index (χ3v) is 5.75. The van der Waals surface area contributed by atoms with Crippen molar-refractivity contribution in [3.05, 3.63) is 78.4 Å². The lowest BCUT2D eigenvalue weighted by molar-refractivity contribution is -0.123. The van der Waals surface area contributed by atoms with Gasteiger partial charge in [0.1, 0.15) is 16.5 Å². The van der Waals surface area contributed by atoms with Crippen molar-refractivity contribution in [3.63, 3.8) is 0 Å². The first-order valence-corrected chi connectivity index (χ1v) is 10.5. The summed E-state index contributed by atoms with van der Waals surface area (Å²) in [4.78, 5) is 16.7. The number of ether oxygens (including phenoxy) is 2. The zero-order valence-electron chi connectivity index (χ0n) is 16.6. The van der Waals surface area contributed by atoms with Crippen LogP contribution in [0, 0.1) is 0 Å². The number of hydrogen-bond acceptors (Lipinski definition) is 5. The van der Waals surface area contributed by atoms with Gasteiger partial charge in [0.15, 0.2) is 6.61 Å². The number of benzene rings is 3. The van der Waals surface area contributed by atoms with Crippen molar-refractivity contribution in [2.45, 2.75) is 6.42 Å². The summed E-state index contributed by atoms with van der Waals surface area (Å²) in [6, 6.07) is 23.6. The molecule has 4 rings (SSSR count). The van der Waals surface area contributed by atoms with Crippen molar-refractivity contribution in [2.24, 2.45) is 0 Å². The third kappa shape index (κ3) is 4.96. The molecule has 0 aliphatic heterocycles. The van der Waals surface area contributed by atoms with Gasteiger partial charge in [-0.3, -0.25) is 4.79 Å². The molecule has 0 fully saturated rings. The molecule has 0 bridgehead atoms. The SMILES string of the molecule is COc1ccc(CCNC(=O)COc2ccc(-c3nc4ccccc4s3)cc2)cc1. The molecular weight excluding hydrogens is 396 g/mol. The number of aromatic nitrogens is 1. The Hall–Kier alpha value is -3.38. The molecule has 0 radical (unpaired) electrons. The van der Waals surface area contributed by atoms with E-state index in [-0.39, 0.29) is 12.5 Å². The predicted molar refractivity (Wildman–Crippen MR) is 120 cm³/mol. The van der Waals surface area contributed by atoms with Crippen molar-refractivity contribution >= 4 is 27.5 Å². The van der Waals surface area contributed by atoms with Crippen LogP contribution in [0.1, 0.15) is 5.56 Å². The van der Waals surface area contributed by atoms with Crippen LogP contribution in [-0.4, -0.2) is 31.2 Å². The van der Waals surface area contributed by atoms with Crippen LogP contribution in [0.25, 0.3) is 20.8 Å². The summed E-state index contributed by atoms with van der Waals surface area (Å²) in [5.41, 5.74) is 3.18. The largest absolute Gasteiger partial charge is 0.497 e. The Balaban J connectivity index is 1.24. The summed E-state index contributed by atoms with van der Waals surface area (Å²) < 4.78 is 11.9. The van der Waals surface area contributed by atoms with Gasteiger partial charge in [-0.2, -0.15) is 0 Å². The van der Waals surface area contributed by atoms with E-state index >= 15 is 0 Å². The Kier molecular flexibility index (Phi) is 6.25. The molecule has 1 N–H and O–H groups in total. The predicted octanol–water partition coefficient (Wildman–Crippen LogP) is 4.71. The number of nitrogens with zero attached hydrogens (tertiary/aromatic N) is 1. The summed E-state index contributed by atoms with van der Waals surface area (Å²) in [7, 11) is 1.64. The number of para-hydroxylation sites is 1. The van der Waals surface area contributed by atoms with Gasteiger partial charge in [-0.1, -0.05) is 24.3 Å². The van der Waals surface area contributed by atoms with Gasteiger partial charge in [0.05, 0.1) is 17.3 Å². The van der Waals surface area contributed by atoms with Crippen molar-refractivity contribution in [3.8, 4) is 22.1 Å². The van der Waals surface area contributed by atoms with Crippen molar-refractivity contribution in [1.82, 2.24) is 10.3 Å². The molecule has 6 heteroatoms. The lowest BCUT2D eigenvalue weighted by Crippen LogP contribution is -2.30. The molecule has 30 heavy (non-hydrogen) atoms. The quantitative estimate of drug-likeness (QED) is 0.450. The van der Waals surface area contributed by atoms with Crippen LogP contribution < -0.4 is 14.8 Å². The Morgan fingerprint density at radius 3 is 2.43 bits per heavy atom. The van der Waals surface area contributed by atoms with Gasteiger partial charge in [0.25, 0.3) is 5.91 Å². The average Bonchev–Trinajstić information content (AvgIpc) is 3.23. The first kappa shape index (κ1) is 19.9. The first-order chi connectivity index (χ1) is 14.7. The number of methoxy groups -OCH3 is 1. The first-order valence-electron chi connectivity index (χ1n) is 9.70. The molecule has 0 unspecified atom stereocenters. The second-order valence-electron chi connectivity index (χ2n) is 6.75. The number of amides is 1. The van der Waals surface area contributed by atoms with Gasteiger partial charge in [-0.15, -0.1) is 11.3 Å². The number of carbonyl (C=O) groups excluding carboxylic acids is 1. The molecule has 0 aliphatic rings. The molecule has 1 amide bonds. The molecule has 5 nitrogen and oxygen atoms in total. The third-order valence-electron chi connectivity index (χ3n) is 4.66. The summed E-state index contributed by atoms with van der Waals surface area (Å²) >= 11 is 1.66.